The van der Waals surface area contributed by atoms with Gasteiger partial charge in [-0.05, 0) is 25.0 Å². The molecule has 0 spiro atoms. The number of para-hydroxylation sites is 1. The van der Waals surface area contributed by atoms with Crippen LogP contribution in [0.15, 0.2) is 36.9 Å². The second-order valence-corrected chi connectivity index (χ2v) is 4.11. The molecular formula is C14H17NO. The quantitative estimate of drug-likeness (QED) is 0.722. The minimum Gasteiger partial charge on any atom is -0.371 e. The zero-order valence-corrected chi connectivity index (χ0v) is 9.48. The van der Waals surface area contributed by atoms with Gasteiger partial charge in [0.05, 0.1) is 0 Å². The number of rotatable bonds is 3. The number of hydrogen-bond donors (Lipinski definition) is 0. The summed E-state index contributed by atoms with van der Waals surface area (Å²) in [5.74, 6) is 0.275. The molecule has 1 aliphatic rings. The lowest BCUT2D eigenvalue weighted by Crippen LogP contribution is -2.24. The number of hydrogen-bond acceptors (Lipinski definition) is 2. The minimum absolute atomic E-state index is 0.275. The zero-order valence-electron chi connectivity index (χ0n) is 9.48. The summed E-state index contributed by atoms with van der Waals surface area (Å²) in [4.78, 5) is 14.2. The molecule has 0 saturated heterocycles. The van der Waals surface area contributed by atoms with Crippen LogP contribution in [0.3, 0.4) is 0 Å². The molecule has 0 amide bonds. The van der Waals surface area contributed by atoms with Crippen molar-refractivity contribution in [2.24, 2.45) is 0 Å². The van der Waals surface area contributed by atoms with Gasteiger partial charge in [0.2, 0.25) is 0 Å². The standard InChI is InChI=1S/C14H17NO/c1-2-3-10-15-11-6-9-14(16)12-7-4-5-8-13(12)15/h2,4-5,7-8H,1,3,6,9-11H2. The van der Waals surface area contributed by atoms with Gasteiger partial charge in [0.15, 0.2) is 5.78 Å². The van der Waals surface area contributed by atoms with E-state index in [0.717, 1.165) is 37.2 Å². The van der Waals surface area contributed by atoms with Gasteiger partial charge in [0.1, 0.15) is 0 Å². The fraction of sp³-hybridized carbons (Fsp3) is 0.357. The average molecular weight is 215 g/mol. The van der Waals surface area contributed by atoms with Gasteiger partial charge in [0, 0.05) is 30.8 Å². The van der Waals surface area contributed by atoms with Crippen LogP contribution in [0.5, 0.6) is 0 Å². The topological polar surface area (TPSA) is 20.3 Å². The van der Waals surface area contributed by atoms with Crippen LogP contribution in [-0.2, 0) is 0 Å². The second kappa shape index (κ2) is 4.97. The number of benzene rings is 1. The van der Waals surface area contributed by atoms with Crippen molar-refractivity contribution in [3.8, 4) is 0 Å². The zero-order chi connectivity index (χ0) is 11.4. The Balaban J connectivity index is 2.31. The highest BCUT2D eigenvalue weighted by Crippen LogP contribution is 2.26. The molecule has 2 nitrogen and oxygen atoms in total. The lowest BCUT2D eigenvalue weighted by molar-refractivity contribution is 0.0984. The molecule has 2 rings (SSSR count). The van der Waals surface area contributed by atoms with E-state index in [-0.39, 0.29) is 5.78 Å². The summed E-state index contributed by atoms with van der Waals surface area (Å²) in [5, 5.41) is 0. The monoisotopic (exact) mass is 215 g/mol. The van der Waals surface area contributed by atoms with Crippen molar-refractivity contribution in [2.75, 3.05) is 18.0 Å². The summed E-state index contributed by atoms with van der Waals surface area (Å²) >= 11 is 0. The third-order valence-corrected chi connectivity index (χ3v) is 2.98. The smallest absolute Gasteiger partial charge is 0.165 e. The highest BCUT2D eigenvalue weighted by atomic mass is 16.1. The summed E-state index contributed by atoms with van der Waals surface area (Å²) in [5.41, 5.74) is 1.97. The van der Waals surface area contributed by atoms with Crippen molar-refractivity contribution in [2.45, 2.75) is 19.3 Å². The Hall–Kier alpha value is -1.57. The van der Waals surface area contributed by atoms with E-state index in [4.69, 9.17) is 0 Å². The number of ketones is 1. The molecule has 1 aromatic rings. The van der Waals surface area contributed by atoms with E-state index < -0.39 is 0 Å². The van der Waals surface area contributed by atoms with Crippen LogP contribution in [0.1, 0.15) is 29.6 Å². The molecule has 1 aromatic carbocycles. The first-order valence-electron chi connectivity index (χ1n) is 5.81. The molecule has 0 atom stereocenters. The number of Topliss-reactive ketones (excluding diaryl/α,β-unsaturated/α-hetero) is 1. The van der Waals surface area contributed by atoms with Gasteiger partial charge < -0.3 is 4.90 Å². The fourth-order valence-electron chi connectivity index (χ4n) is 2.15. The van der Waals surface area contributed by atoms with Gasteiger partial charge >= 0.3 is 0 Å². The van der Waals surface area contributed by atoms with Crippen LogP contribution >= 0.6 is 0 Å². The van der Waals surface area contributed by atoms with Crippen molar-refractivity contribution in [1.82, 2.24) is 0 Å². The summed E-state index contributed by atoms with van der Waals surface area (Å²) in [6.07, 6.45) is 4.50. The molecular weight excluding hydrogens is 198 g/mol. The summed E-state index contributed by atoms with van der Waals surface area (Å²) in [7, 11) is 0. The van der Waals surface area contributed by atoms with E-state index in [1.54, 1.807) is 0 Å². The van der Waals surface area contributed by atoms with Crippen molar-refractivity contribution in [1.29, 1.82) is 0 Å². The Morgan fingerprint density at radius 3 is 3.00 bits per heavy atom. The lowest BCUT2D eigenvalue weighted by Gasteiger charge is -2.23. The van der Waals surface area contributed by atoms with Crippen LogP contribution in [0, 0.1) is 0 Å². The van der Waals surface area contributed by atoms with Crippen LogP contribution < -0.4 is 4.90 Å². The summed E-state index contributed by atoms with van der Waals surface area (Å²) < 4.78 is 0. The molecule has 0 saturated carbocycles. The van der Waals surface area contributed by atoms with Crippen LogP contribution in [0.25, 0.3) is 0 Å². The molecule has 1 heterocycles. The number of nitrogens with zero attached hydrogens (tertiary/aromatic N) is 1. The van der Waals surface area contributed by atoms with E-state index >= 15 is 0 Å². The van der Waals surface area contributed by atoms with Crippen molar-refractivity contribution in [3.63, 3.8) is 0 Å². The second-order valence-electron chi connectivity index (χ2n) is 4.11. The van der Waals surface area contributed by atoms with E-state index in [1.807, 2.05) is 30.3 Å². The minimum atomic E-state index is 0.275. The maximum Gasteiger partial charge on any atom is 0.165 e. The maximum absolute atomic E-state index is 11.9. The Bertz CT molecular complexity index is 397. The number of carbonyl (C=O) groups is 1. The molecule has 0 aliphatic carbocycles. The molecule has 0 fully saturated rings. The van der Waals surface area contributed by atoms with Crippen molar-refractivity contribution in [3.05, 3.63) is 42.5 Å². The van der Waals surface area contributed by atoms with E-state index in [1.165, 1.54) is 0 Å². The van der Waals surface area contributed by atoms with Gasteiger partial charge in [-0.25, -0.2) is 0 Å². The first-order chi connectivity index (χ1) is 7.83. The lowest BCUT2D eigenvalue weighted by atomic mass is 10.1. The molecule has 16 heavy (non-hydrogen) atoms. The number of fused-ring (bicyclic) bond motifs is 1. The SMILES string of the molecule is C=CCCN1CCCC(=O)c2ccccc21. The Labute approximate surface area is 96.6 Å². The number of anilines is 1. The van der Waals surface area contributed by atoms with Gasteiger partial charge in [-0.2, -0.15) is 0 Å². The highest BCUT2D eigenvalue weighted by Gasteiger charge is 2.19. The first-order valence-corrected chi connectivity index (χ1v) is 5.81. The maximum atomic E-state index is 11.9. The molecule has 0 unspecified atom stereocenters. The molecule has 2 heteroatoms. The molecule has 84 valence electrons. The predicted octanol–water partition coefficient (Wildman–Crippen LogP) is 3.05. The van der Waals surface area contributed by atoms with Gasteiger partial charge in [-0.3, -0.25) is 4.79 Å². The van der Waals surface area contributed by atoms with E-state index in [0.29, 0.717) is 6.42 Å². The largest absolute Gasteiger partial charge is 0.371 e. The van der Waals surface area contributed by atoms with E-state index in [2.05, 4.69) is 11.5 Å². The van der Waals surface area contributed by atoms with Gasteiger partial charge in [0.25, 0.3) is 0 Å². The van der Waals surface area contributed by atoms with Crippen molar-refractivity contribution < 1.29 is 4.79 Å². The van der Waals surface area contributed by atoms with Crippen LogP contribution in [0.2, 0.25) is 0 Å². The summed E-state index contributed by atoms with van der Waals surface area (Å²) in [6.45, 7) is 5.67. The first kappa shape index (κ1) is 10.9. The average Bonchev–Trinajstić information content (AvgIpc) is 2.47. The Morgan fingerprint density at radius 1 is 1.38 bits per heavy atom. The van der Waals surface area contributed by atoms with Gasteiger partial charge in [-0.1, -0.05) is 18.2 Å². The third kappa shape index (κ3) is 2.16. The van der Waals surface area contributed by atoms with Crippen LogP contribution in [0.4, 0.5) is 5.69 Å². The van der Waals surface area contributed by atoms with Crippen LogP contribution in [-0.4, -0.2) is 18.9 Å². The third-order valence-electron chi connectivity index (χ3n) is 2.98. The van der Waals surface area contributed by atoms with Crippen molar-refractivity contribution >= 4 is 11.5 Å². The molecule has 1 aliphatic heterocycles. The molecule has 0 aromatic heterocycles. The molecule has 0 bridgehead atoms. The predicted molar refractivity (Wildman–Crippen MR) is 67.0 cm³/mol. The van der Waals surface area contributed by atoms with E-state index in [9.17, 15) is 4.79 Å². The normalized spacial score (nSPS) is 15.5. The Kier molecular flexibility index (Phi) is 3.40. The summed E-state index contributed by atoms with van der Waals surface area (Å²) in [6, 6.07) is 7.91. The fourth-order valence-corrected chi connectivity index (χ4v) is 2.15. The van der Waals surface area contributed by atoms with Gasteiger partial charge in [-0.15, -0.1) is 6.58 Å². The molecule has 0 N–H and O–H groups in total. The highest BCUT2D eigenvalue weighted by molar-refractivity contribution is 6.01. The number of carbonyl (C=O) groups excluding carboxylic acids is 1. The Morgan fingerprint density at radius 2 is 2.19 bits per heavy atom. The molecule has 0 radical (unpaired) electrons.